The van der Waals surface area contributed by atoms with Crippen molar-refractivity contribution in [1.29, 1.82) is 0 Å². The second kappa shape index (κ2) is 11.0. The Morgan fingerprint density at radius 3 is 2.64 bits per heavy atom. The van der Waals surface area contributed by atoms with Crippen molar-refractivity contribution >= 4 is 29.5 Å². The number of urea groups is 1. The lowest BCUT2D eigenvalue weighted by Crippen LogP contribution is -2.51. The lowest BCUT2D eigenvalue weighted by atomic mass is 10.1. The highest BCUT2D eigenvalue weighted by Gasteiger charge is 2.46. The van der Waals surface area contributed by atoms with Crippen LogP contribution < -0.4 is 15.4 Å². The number of hydrogen-bond donors (Lipinski definition) is 2. The van der Waals surface area contributed by atoms with Gasteiger partial charge in [-0.3, -0.25) is 14.6 Å². The first-order valence-electron chi connectivity index (χ1n) is 11.6. The fourth-order valence-electron chi connectivity index (χ4n) is 4.61. The van der Waals surface area contributed by atoms with Crippen molar-refractivity contribution in [2.24, 2.45) is 0 Å². The van der Waals surface area contributed by atoms with Gasteiger partial charge in [0.05, 0.1) is 26.5 Å². The monoisotopic (exact) mass is 496 g/mol. The molecule has 190 valence electrons. The molecule has 4 amide bonds. The molecule has 12 nitrogen and oxygen atoms in total. The smallest absolute Gasteiger partial charge is 0.328 e. The van der Waals surface area contributed by atoms with Gasteiger partial charge < -0.3 is 29.9 Å². The van der Waals surface area contributed by atoms with E-state index in [4.69, 9.17) is 9.47 Å². The van der Waals surface area contributed by atoms with E-state index < -0.39 is 36.0 Å². The first-order chi connectivity index (χ1) is 17.4. The molecular weight excluding hydrogens is 468 g/mol. The molecule has 0 saturated carbocycles. The van der Waals surface area contributed by atoms with Gasteiger partial charge in [-0.15, -0.1) is 0 Å². The lowest BCUT2D eigenvalue weighted by Gasteiger charge is -2.30. The van der Waals surface area contributed by atoms with Gasteiger partial charge in [0.2, 0.25) is 5.91 Å². The van der Waals surface area contributed by atoms with Gasteiger partial charge >= 0.3 is 12.0 Å². The van der Waals surface area contributed by atoms with E-state index in [1.165, 1.54) is 42.6 Å². The number of rotatable bonds is 6. The molecule has 36 heavy (non-hydrogen) atoms. The first-order valence-corrected chi connectivity index (χ1v) is 11.6. The van der Waals surface area contributed by atoms with E-state index in [0.717, 1.165) is 0 Å². The highest BCUT2D eigenvalue weighted by atomic mass is 16.5. The summed E-state index contributed by atoms with van der Waals surface area (Å²) in [6.07, 6.45) is 5.50. The number of methoxy groups -OCH3 is 2. The van der Waals surface area contributed by atoms with Gasteiger partial charge in [0.1, 0.15) is 23.5 Å². The van der Waals surface area contributed by atoms with Gasteiger partial charge in [0, 0.05) is 37.2 Å². The van der Waals surface area contributed by atoms with E-state index in [1.54, 1.807) is 24.3 Å². The maximum absolute atomic E-state index is 13.6. The van der Waals surface area contributed by atoms with E-state index in [2.05, 4.69) is 20.6 Å². The Kier molecular flexibility index (Phi) is 7.62. The summed E-state index contributed by atoms with van der Waals surface area (Å²) in [5, 5.41) is 5.57. The predicted octanol–water partition coefficient (Wildman–Crippen LogP) is 1.05. The maximum Gasteiger partial charge on any atom is 0.328 e. The van der Waals surface area contributed by atoms with Crippen LogP contribution in [-0.2, 0) is 14.3 Å². The molecule has 0 radical (unpaired) electrons. The number of aromatic nitrogens is 2. The lowest BCUT2D eigenvalue weighted by molar-refractivity contribution is -0.152. The second-order valence-corrected chi connectivity index (χ2v) is 8.54. The maximum atomic E-state index is 13.6. The minimum Gasteiger partial charge on any atom is -0.497 e. The quantitative estimate of drug-likeness (QED) is 0.565. The van der Waals surface area contributed by atoms with Crippen LogP contribution in [0.25, 0.3) is 0 Å². The van der Waals surface area contributed by atoms with Gasteiger partial charge in [-0.1, -0.05) is 6.07 Å². The molecule has 1 aromatic heterocycles. The van der Waals surface area contributed by atoms with Crippen LogP contribution in [0.15, 0.2) is 42.9 Å². The highest BCUT2D eigenvalue weighted by molar-refractivity contribution is 5.98. The van der Waals surface area contributed by atoms with Crippen molar-refractivity contribution in [3.05, 3.63) is 48.5 Å². The van der Waals surface area contributed by atoms with Crippen molar-refractivity contribution in [2.75, 3.05) is 32.6 Å². The molecule has 4 rings (SSSR count). The van der Waals surface area contributed by atoms with Crippen LogP contribution in [0.2, 0.25) is 0 Å². The topological polar surface area (TPSA) is 143 Å². The third-order valence-electron chi connectivity index (χ3n) is 6.30. The van der Waals surface area contributed by atoms with Gasteiger partial charge in [-0.25, -0.2) is 14.6 Å². The minimum atomic E-state index is -0.883. The van der Waals surface area contributed by atoms with E-state index in [9.17, 15) is 19.2 Å². The fourth-order valence-corrected chi connectivity index (χ4v) is 4.61. The SMILES string of the molecule is COC(=O)C1CCCN1C(=O)C1CC(NC(=O)Nc2cccc(OC)c2)CN1C(=O)c1cnccn1. The Morgan fingerprint density at radius 1 is 1.08 bits per heavy atom. The normalized spacial score (nSPS) is 21.1. The average Bonchev–Trinajstić information content (AvgIpc) is 3.55. The van der Waals surface area contributed by atoms with Crippen LogP contribution in [0.4, 0.5) is 10.5 Å². The number of esters is 1. The Hall–Kier alpha value is -4.22. The van der Waals surface area contributed by atoms with Crippen molar-refractivity contribution in [2.45, 2.75) is 37.4 Å². The number of hydrogen-bond acceptors (Lipinski definition) is 8. The van der Waals surface area contributed by atoms with Crippen LogP contribution in [0.3, 0.4) is 0 Å². The molecule has 2 aromatic rings. The summed E-state index contributed by atoms with van der Waals surface area (Å²) < 4.78 is 10.0. The molecule has 2 aliphatic rings. The average molecular weight is 497 g/mol. The molecule has 2 fully saturated rings. The number of benzene rings is 1. The Labute approximate surface area is 208 Å². The van der Waals surface area contributed by atoms with E-state index >= 15 is 0 Å². The van der Waals surface area contributed by atoms with Gasteiger partial charge in [-0.2, -0.15) is 0 Å². The van der Waals surface area contributed by atoms with Crippen LogP contribution >= 0.6 is 0 Å². The summed E-state index contributed by atoms with van der Waals surface area (Å²) in [7, 11) is 2.81. The summed E-state index contributed by atoms with van der Waals surface area (Å²) >= 11 is 0. The Balaban J connectivity index is 1.51. The zero-order valence-electron chi connectivity index (χ0n) is 20.0. The number of anilines is 1. The summed E-state index contributed by atoms with van der Waals surface area (Å²) in [6.45, 7) is 0.477. The fraction of sp³-hybridized carbons (Fsp3) is 0.417. The molecule has 1 aromatic carbocycles. The molecule has 2 aliphatic heterocycles. The standard InChI is InChI=1S/C24H28N6O6/c1-35-17-6-3-5-15(11-17)27-24(34)28-16-12-20(22(32)29-10-4-7-19(29)23(33)36-2)30(14-16)21(31)18-13-25-8-9-26-18/h3,5-6,8-9,11,13,16,19-20H,4,7,10,12,14H2,1-2H3,(H2,27,28,34). The second-order valence-electron chi connectivity index (χ2n) is 8.54. The molecule has 0 aliphatic carbocycles. The minimum absolute atomic E-state index is 0.0859. The van der Waals surface area contributed by atoms with E-state index in [1.807, 2.05) is 0 Å². The number of amides is 4. The molecule has 3 unspecified atom stereocenters. The summed E-state index contributed by atoms with van der Waals surface area (Å²) in [4.78, 5) is 62.6. The molecular formula is C24H28N6O6. The van der Waals surface area contributed by atoms with Crippen LogP contribution in [0.5, 0.6) is 5.75 Å². The highest BCUT2D eigenvalue weighted by Crippen LogP contribution is 2.27. The Bertz CT molecular complexity index is 1130. The third kappa shape index (κ3) is 5.37. The zero-order chi connectivity index (χ0) is 25.7. The largest absolute Gasteiger partial charge is 0.497 e. The van der Waals surface area contributed by atoms with Crippen LogP contribution in [-0.4, -0.2) is 89.0 Å². The number of nitrogens with zero attached hydrogens (tertiary/aromatic N) is 4. The number of ether oxygens (including phenoxy) is 2. The predicted molar refractivity (Wildman–Crippen MR) is 127 cm³/mol. The van der Waals surface area contributed by atoms with E-state index in [0.29, 0.717) is 30.8 Å². The molecule has 3 heterocycles. The number of likely N-dealkylation sites (tertiary alicyclic amines) is 2. The third-order valence-corrected chi connectivity index (χ3v) is 6.30. The number of carbonyl (C=O) groups excluding carboxylic acids is 4. The molecule has 2 N–H and O–H groups in total. The van der Waals surface area contributed by atoms with Crippen molar-refractivity contribution in [3.63, 3.8) is 0 Å². The molecule has 12 heteroatoms. The van der Waals surface area contributed by atoms with Crippen molar-refractivity contribution in [1.82, 2.24) is 25.1 Å². The van der Waals surface area contributed by atoms with Gasteiger partial charge in [0.15, 0.2) is 0 Å². The summed E-state index contributed by atoms with van der Waals surface area (Å²) in [5.74, 6) is -0.741. The number of nitrogens with one attached hydrogen (secondary N) is 2. The molecule has 2 saturated heterocycles. The van der Waals surface area contributed by atoms with Crippen molar-refractivity contribution in [3.8, 4) is 5.75 Å². The summed E-state index contributed by atoms with van der Waals surface area (Å²) in [6, 6.07) is 4.32. The summed E-state index contributed by atoms with van der Waals surface area (Å²) in [5.41, 5.74) is 0.616. The van der Waals surface area contributed by atoms with Gasteiger partial charge in [-0.05, 0) is 31.4 Å². The number of carbonyl (C=O) groups is 4. The molecule has 3 atom stereocenters. The van der Waals surface area contributed by atoms with E-state index in [-0.39, 0.29) is 24.6 Å². The van der Waals surface area contributed by atoms with Crippen LogP contribution in [0.1, 0.15) is 29.8 Å². The molecule has 0 spiro atoms. The van der Waals surface area contributed by atoms with Gasteiger partial charge in [0.25, 0.3) is 5.91 Å². The zero-order valence-corrected chi connectivity index (χ0v) is 20.0. The Morgan fingerprint density at radius 2 is 1.92 bits per heavy atom. The first kappa shape index (κ1) is 24.9. The van der Waals surface area contributed by atoms with Crippen LogP contribution in [0, 0.1) is 0 Å². The van der Waals surface area contributed by atoms with Crippen molar-refractivity contribution < 1.29 is 28.7 Å². The molecule has 0 bridgehead atoms.